The summed E-state index contributed by atoms with van der Waals surface area (Å²) >= 11 is 0. The maximum Gasteiger partial charge on any atom is 0.331 e. The van der Waals surface area contributed by atoms with Gasteiger partial charge in [0.05, 0.1) is 6.61 Å². The van der Waals surface area contributed by atoms with E-state index in [9.17, 15) is 14.7 Å². The SMILES string of the molecule is COCC(C)(NC(=O)c1cccc(-n2cccn2)n1)C(=O)O. The molecule has 1 amide bonds. The summed E-state index contributed by atoms with van der Waals surface area (Å²) in [6, 6.07) is 6.56. The van der Waals surface area contributed by atoms with Crippen molar-refractivity contribution in [3.63, 3.8) is 0 Å². The number of aliphatic carboxylic acids is 1. The molecule has 1 atom stereocenters. The number of hydrogen-bond acceptors (Lipinski definition) is 5. The minimum Gasteiger partial charge on any atom is -0.479 e. The number of ether oxygens (including phenoxy) is 1. The van der Waals surface area contributed by atoms with E-state index in [0.717, 1.165) is 0 Å². The van der Waals surface area contributed by atoms with Crippen molar-refractivity contribution in [1.82, 2.24) is 20.1 Å². The van der Waals surface area contributed by atoms with Crippen LogP contribution in [0.3, 0.4) is 0 Å². The Labute approximate surface area is 126 Å². The summed E-state index contributed by atoms with van der Waals surface area (Å²) in [5, 5.41) is 15.7. The normalized spacial score (nSPS) is 13.4. The summed E-state index contributed by atoms with van der Waals surface area (Å²) in [6.07, 6.45) is 3.28. The second-order valence-corrected chi connectivity index (χ2v) is 4.86. The number of rotatable bonds is 6. The van der Waals surface area contributed by atoms with E-state index in [1.165, 1.54) is 24.8 Å². The molecule has 0 radical (unpaired) electrons. The standard InChI is InChI=1S/C14H16N4O4/c1-14(9-22-2,13(20)21)17-12(19)10-5-3-6-11(16-10)18-8-4-7-15-18/h3-8H,9H2,1-2H3,(H,17,19)(H,20,21). The molecule has 116 valence electrons. The molecule has 2 aromatic rings. The van der Waals surface area contributed by atoms with Gasteiger partial charge < -0.3 is 15.2 Å². The van der Waals surface area contributed by atoms with E-state index in [4.69, 9.17) is 4.74 Å². The van der Waals surface area contributed by atoms with Gasteiger partial charge in [0, 0.05) is 19.5 Å². The van der Waals surface area contributed by atoms with Gasteiger partial charge >= 0.3 is 5.97 Å². The average Bonchev–Trinajstić information content (AvgIpc) is 3.01. The third-order valence-corrected chi connectivity index (χ3v) is 3.00. The molecular formula is C14H16N4O4. The Morgan fingerprint density at radius 3 is 2.77 bits per heavy atom. The van der Waals surface area contributed by atoms with E-state index >= 15 is 0 Å². The van der Waals surface area contributed by atoms with Crippen molar-refractivity contribution in [2.24, 2.45) is 0 Å². The molecule has 8 heteroatoms. The molecule has 0 aliphatic rings. The fourth-order valence-corrected chi connectivity index (χ4v) is 1.84. The molecule has 2 heterocycles. The molecule has 8 nitrogen and oxygen atoms in total. The first-order chi connectivity index (χ1) is 10.5. The Balaban J connectivity index is 2.23. The highest BCUT2D eigenvalue weighted by atomic mass is 16.5. The summed E-state index contributed by atoms with van der Waals surface area (Å²) < 4.78 is 6.36. The van der Waals surface area contributed by atoms with Crippen LogP contribution in [0.1, 0.15) is 17.4 Å². The number of carboxylic acid groups (broad SMARTS) is 1. The number of carboxylic acids is 1. The molecule has 0 bridgehead atoms. The van der Waals surface area contributed by atoms with Crippen LogP contribution in [0.2, 0.25) is 0 Å². The van der Waals surface area contributed by atoms with Crippen molar-refractivity contribution in [2.45, 2.75) is 12.5 Å². The quantitative estimate of drug-likeness (QED) is 0.804. The number of amides is 1. The molecular weight excluding hydrogens is 288 g/mol. The van der Waals surface area contributed by atoms with Crippen molar-refractivity contribution in [3.8, 4) is 5.82 Å². The lowest BCUT2D eigenvalue weighted by atomic mass is 10.0. The molecule has 22 heavy (non-hydrogen) atoms. The highest BCUT2D eigenvalue weighted by Crippen LogP contribution is 2.09. The molecule has 2 aromatic heterocycles. The molecule has 0 fully saturated rings. The van der Waals surface area contributed by atoms with Gasteiger partial charge in [-0.1, -0.05) is 6.07 Å². The zero-order valence-corrected chi connectivity index (χ0v) is 12.2. The Bertz CT molecular complexity index is 671. The van der Waals surface area contributed by atoms with Gasteiger partial charge in [0.2, 0.25) is 0 Å². The van der Waals surface area contributed by atoms with Gasteiger partial charge in [-0.3, -0.25) is 4.79 Å². The molecule has 0 aromatic carbocycles. The van der Waals surface area contributed by atoms with Crippen LogP contribution in [-0.2, 0) is 9.53 Å². The highest BCUT2D eigenvalue weighted by Gasteiger charge is 2.35. The summed E-state index contributed by atoms with van der Waals surface area (Å²) in [5.41, 5.74) is -1.44. The molecule has 2 N–H and O–H groups in total. The first-order valence-electron chi connectivity index (χ1n) is 6.48. The number of aromatic nitrogens is 3. The Hall–Kier alpha value is -2.74. The van der Waals surface area contributed by atoms with Crippen LogP contribution in [0.25, 0.3) is 5.82 Å². The second kappa shape index (κ2) is 6.35. The Kier molecular flexibility index (Phi) is 4.52. The third kappa shape index (κ3) is 3.29. The predicted octanol–water partition coefficient (Wildman–Crippen LogP) is 0.487. The average molecular weight is 304 g/mol. The highest BCUT2D eigenvalue weighted by molar-refractivity contribution is 5.96. The van der Waals surface area contributed by atoms with Crippen molar-refractivity contribution in [3.05, 3.63) is 42.4 Å². The van der Waals surface area contributed by atoms with E-state index in [1.54, 1.807) is 30.6 Å². The zero-order valence-electron chi connectivity index (χ0n) is 12.2. The zero-order chi connectivity index (χ0) is 16.2. The van der Waals surface area contributed by atoms with Gasteiger partial charge in [-0.2, -0.15) is 5.10 Å². The first-order valence-corrected chi connectivity index (χ1v) is 6.48. The Morgan fingerprint density at radius 2 is 2.18 bits per heavy atom. The number of carbonyl (C=O) groups is 2. The van der Waals surface area contributed by atoms with E-state index < -0.39 is 17.4 Å². The van der Waals surface area contributed by atoms with Crippen molar-refractivity contribution >= 4 is 11.9 Å². The van der Waals surface area contributed by atoms with Crippen LogP contribution in [0.15, 0.2) is 36.7 Å². The van der Waals surface area contributed by atoms with Gasteiger partial charge in [-0.15, -0.1) is 0 Å². The minimum absolute atomic E-state index is 0.0941. The lowest BCUT2D eigenvalue weighted by Crippen LogP contribution is -2.55. The van der Waals surface area contributed by atoms with E-state index in [-0.39, 0.29) is 12.3 Å². The monoisotopic (exact) mass is 304 g/mol. The van der Waals surface area contributed by atoms with E-state index in [2.05, 4.69) is 15.4 Å². The van der Waals surface area contributed by atoms with Gasteiger partial charge in [0.1, 0.15) is 5.69 Å². The molecule has 0 saturated heterocycles. The van der Waals surface area contributed by atoms with Crippen LogP contribution in [0.4, 0.5) is 0 Å². The Morgan fingerprint density at radius 1 is 1.41 bits per heavy atom. The molecule has 2 rings (SSSR count). The number of pyridine rings is 1. The molecule has 0 aliphatic carbocycles. The van der Waals surface area contributed by atoms with Gasteiger partial charge in [-0.25, -0.2) is 14.5 Å². The molecule has 1 unspecified atom stereocenters. The fraction of sp³-hybridized carbons (Fsp3) is 0.286. The van der Waals surface area contributed by atoms with Crippen molar-refractivity contribution < 1.29 is 19.4 Å². The number of carbonyl (C=O) groups excluding carboxylic acids is 1. The summed E-state index contributed by atoms with van der Waals surface area (Å²) in [7, 11) is 1.37. The van der Waals surface area contributed by atoms with Gasteiger partial charge in [0.25, 0.3) is 5.91 Å². The van der Waals surface area contributed by atoms with E-state index in [1.807, 2.05) is 0 Å². The van der Waals surface area contributed by atoms with Crippen molar-refractivity contribution in [1.29, 1.82) is 0 Å². The van der Waals surface area contributed by atoms with Crippen LogP contribution >= 0.6 is 0 Å². The van der Waals surface area contributed by atoms with Gasteiger partial charge in [-0.05, 0) is 25.1 Å². The van der Waals surface area contributed by atoms with Crippen LogP contribution in [0.5, 0.6) is 0 Å². The van der Waals surface area contributed by atoms with Gasteiger partial charge in [0.15, 0.2) is 11.4 Å². The van der Waals surface area contributed by atoms with Crippen molar-refractivity contribution in [2.75, 3.05) is 13.7 Å². The lowest BCUT2D eigenvalue weighted by Gasteiger charge is -2.25. The molecule has 0 saturated carbocycles. The fourth-order valence-electron chi connectivity index (χ4n) is 1.84. The molecule has 0 aliphatic heterocycles. The number of methoxy groups -OCH3 is 1. The first kappa shape index (κ1) is 15.6. The summed E-state index contributed by atoms with van der Waals surface area (Å²) in [4.78, 5) is 27.7. The maximum atomic E-state index is 12.2. The van der Waals surface area contributed by atoms with Crippen LogP contribution in [-0.4, -0.2) is 51.0 Å². The topological polar surface area (TPSA) is 106 Å². The van der Waals surface area contributed by atoms with Crippen LogP contribution in [0, 0.1) is 0 Å². The summed E-state index contributed by atoms with van der Waals surface area (Å²) in [6.45, 7) is 1.21. The minimum atomic E-state index is -1.53. The lowest BCUT2D eigenvalue weighted by molar-refractivity contribution is -0.145. The van der Waals surface area contributed by atoms with E-state index in [0.29, 0.717) is 5.82 Å². The predicted molar refractivity (Wildman–Crippen MR) is 76.7 cm³/mol. The number of nitrogens with zero attached hydrogens (tertiary/aromatic N) is 3. The maximum absolute atomic E-state index is 12.2. The largest absolute Gasteiger partial charge is 0.479 e. The second-order valence-electron chi connectivity index (χ2n) is 4.86. The number of hydrogen-bond donors (Lipinski definition) is 2. The van der Waals surface area contributed by atoms with Crippen LogP contribution < -0.4 is 5.32 Å². The smallest absolute Gasteiger partial charge is 0.331 e. The summed E-state index contributed by atoms with van der Waals surface area (Å²) in [5.74, 6) is -1.33. The number of nitrogens with one attached hydrogen (secondary N) is 1. The molecule has 0 spiro atoms. The third-order valence-electron chi connectivity index (χ3n) is 3.00.